The van der Waals surface area contributed by atoms with Gasteiger partial charge in [-0.15, -0.1) is 0 Å². The second kappa shape index (κ2) is 11.9. The van der Waals surface area contributed by atoms with Crippen LogP contribution < -0.4 is 0 Å². The molecule has 235 valence electrons. The minimum atomic E-state index is -8.86. The zero-order valence-corrected chi connectivity index (χ0v) is 18.9. The van der Waals surface area contributed by atoms with Gasteiger partial charge in [-0.05, 0) is 0 Å². The van der Waals surface area contributed by atoms with E-state index in [1.807, 2.05) is 4.74 Å². The molecule has 2 atom stereocenters. The zero-order valence-electron chi connectivity index (χ0n) is 17.3. The Balaban J connectivity index is -0.00000398. The van der Waals surface area contributed by atoms with Crippen LogP contribution in [0.25, 0.3) is 0 Å². The second-order valence-electron chi connectivity index (χ2n) is 6.32. The number of hydrogen-bond donors (Lipinski definition) is 2. The minimum absolute atomic E-state index is 0. The van der Waals surface area contributed by atoms with Crippen LogP contribution in [0.2, 0.25) is 0 Å². The van der Waals surface area contributed by atoms with E-state index in [9.17, 15) is 87.8 Å². The van der Waals surface area contributed by atoms with Gasteiger partial charge < -0.3 is 10.2 Å². The van der Waals surface area contributed by atoms with Crippen LogP contribution >= 0.6 is 0 Å². The van der Waals surface area contributed by atoms with Gasteiger partial charge in [0.25, 0.3) is 18.6 Å². The van der Waals surface area contributed by atoms with E-state index in [0.29, 0.717) is 0 Å². The van der Waals surface area contributed by atoms with Gasteiger partial charge in [-0.3, -0.25) is 9.47 Å². The van der Waals surface area contributed by atoms with Gasteiger partial charge in [0.05, 0.1) is 0 Å². The molecule has 2 unspecified atom stereocenters. The van der Waals surface area contributed by atoms with Crippen molar-refractivity contribution in [3.05, 3.63) is 0 Å². The standard InChI is InChI=1S/C12H6F20O3.CH4O.Rh/c1-4(15,16)2(13)34-11(29,30)9(25,26)7(21,22)6(19,20)8(23,24)10(27,28)12(31,32)35-3(14)5(17,18)33;1-2;/h2-3,33H,1H3;2H,1H3;. The van der Waals surface area contributed by atoms with Gasteiger partial charge in [-0.2, -0.15) is 70.2 Å². The van der Waals surface area contributed by atoms with E-state index in [2.05, 4.69) is 0 Å². The number of ether oxygens (including phenoxy) is 2. The van der Waals surface area contributed by atoms with Crippen LogP contribution in [0.15, 0.2) is 0 Å². The van der Waals surface area contributed by atoms with E-state index in [0.717, 1.165) is 7.11 Å². The number of aliphatic hydroxyl groups excluding tert-OH is 1. The van der Waals surface area contributed by atoms with Gasteiger partial charge in [0.15, 0.2) is 0 Å². The SMILES string of the molecule is CC(F)(F)C(F)OC(F)(F)C(F)(F)C(F)(F)C(F)(F)C(F)(F)C(F)(F)C(F)(F)OC(F)C(O)(F)F.CO.[Rh]. The summed E-state index contributed by atoms with van der Waals surface area (Å²) in [5, 5.41) is 14.6. The molecule has 0 amide bonds. The van der Waals surface area contributed by atoms with Crippen molar-refractivity contribution in [2.75, 3.05) is 7.11 Å². The summed E-state index contributed by atoms with van der Waals surface area (Å²) in [5.74, 6) is -48.5. The molecule has 0 aliphatic heterocycles. The summed E-state index contributed by atoms with van der Waals surface area (Å²) in [6.07, 6.45) is -32.4. The molecule has 25 heteroatoms. The summed E-state index contributed by atoms with van der Waals surface area (Å²) in [5.41, 5.74) is 0. The van der Waals surface area contributed by atoms with Crippen molar-refractivity contribution in [1.29, 1.82) is 0 Å². The van der Waals surface area contributed by atoms with E-state index in [-0.39, 0.29) is 19.5 Å². The molecule has 38 heavy (non-hydrogen) atoms. The molecule has 0 rings (SSSR count). The first-order valence-corrected chi connectivity index (χ1v) is 7.97. The van der Waals surface area contributed by atoms with Crippen LogP contribution in [-0.4, -0.2) is 83.9 Å². The maximum atomic E-state index is 13.4. The summed E-state index contributed by atoms with van der Waals surface area (Å²) in [6.45, 7) is -0.760. The van der Waals surface area contributed by atoms with Crippen LogP contribution in [0.3, 0.4) is 0 Å². The molecular weight excluding hydrogens is 703 g/mol. The fourth-order valence-corrected chi connectivity index (χ4v) is 1.54. The van der Waals surface area contributed by atoms with Gasteiger partial charge in [0.1, 0.15) is 0 Å². The van der Waals surface area contributed by atoms with Crippen molar-refractivity contribution in [3.8, 4) is 0 Å². The quantitative estimate of drug-likeness (QED) is 0.198. The van der Waals surface area contributed by atoms with Crippen molar-refractivity contribution in [2.24, 2.45) is 0 Å². The Morgan fingerprint density at radius 3 is 0.895 bits per heavy atom. The van der Waals surface area contributed by atoms with Crippen molar-refractivity contribution in [2.45, 2.75) is 73.5 Å². The molecule has 0 aliphatic carbocycles. The molecule has 0 aliphatic rings. The topological polar surface area (TPSA) is 58.9 Å². The summed E-state index contributed by atoms with van der Waals surface area (Å²) >= 11 is 0. The Bertz CT molecular complexity index is 688. The largest absolute Gasteiger partial charge is 0.428 e. The smallest absolute Gasteiger partial charge is 0.400 e. The van der Waals surface area contributed by atoms with Crippen molar-refractivity contribution in [1.82, 2.24) is 0 Å². The molecule has 0 spiro atoms. The Morgan fingerprint density at radius 1 is 0.474 bits per heavy atom. The number of aliphatic hydroxyl groups is 2. The maximum absolute atomic E-state index is 13.4. The third-order valence-corrected chi connectivity index (χ3v) is 3.48. The molecule has 0 saturated heterocycles. The van der Waals surface area contributed by atoms with Crippen LogP contribution in [0.4, 0.5) is 87.8 Å². The van der Waals surface area contributed by atoms with Crippen LogP contribution in [0.1, 0.15) is 6.92 Å². The summed E-state index contributed by atoms with van der Waals surface area (Å²) in [7, 11) is 1.00. The Kier molecular flexibility index (Phi) is 13.0. The average molecular weight is 713 g/mol. The molecule has 4 nitrogen and oxygen atoms in total. The van der Waals surface area contributed by atoms with E-state index < -0.39 is 73.5 Å². The fourth-order valence-electron chi connectivity index (χ4n) is 1.54. The van der Waals surface area contributed by atoms with E-state index in [1.165, 1.54) is 0 Å². The van der Waals surface area contributed by atoms with Crippen molar-refractivity contribution < 1.29 is 127 Å². The zero-order chi connectivity index (χ0) is 31.1. The molecule has 1 radical (unpaired) electrons. The first-order chi connectivity index (χ1) is 15.8. The van der Waals surface area contributed by atoms with Crippen molar-refractivity contribution in [3.63, 3.8) is 0 Å². The Labute approximate surface area is 208 Å². The fraction of sp³-hybridized carbons (Fsp3) is 1.00. The predicted molar refractivity (Wildman–Crippen MR) is 72.5 cm³/mol. The minimum Gasteiger partial charge on any atom is -0.400 e. The number of rotatable bonds is 12. The average Bonchev–Trinajstić information content (AvgIpc) is 2.66. The van der Waals surface area contributed by atoms with Gasteiger partial charge in [0, 0.05) is 33.5 Å². The molecule has 0 aromatic carbocycles. The maximum Gasteiger partial charge on any atom is 0.428 e. The van der Waals surface area contributed by atoms with Gasteiger partial charge in [0.2, 0.25) is 0 Å². The van der Waals surface area contributed by atoms with Gasteiger partial charge in [-0.1, -0.05) is 0 Å². The number of alkyl halides is 20. The third kappa shape index (κ3) is 7.22. The summed E-state index contributed by atoms with van der Waals surface area (Å²) < 4.78 is 263. The van der Waals surface area contributed by atoms with Crippen molar-refractivity contribution >= 4 is 0 Å². The molecule has 0 aromatic rings. The Morgan fingerprint density at radius 2 is 0.684 bits per heavy atom. The summed E-state index contributed by atoms with van der Waals surface area (Å²) in [4.78, 5) is 0. The molecule has 2 N–H and O–H groups in total. The molecular formula is C13H10F20O4Rh. The van der Waals surface area contributed by atoms with E-state index in [1.54, 1.807) is 4.74 Å². The van der Waals surface area contributed by atoms with Crippen LogP contribution in [0, 0.1) is 0 Å². The van der Waals surface area contributed by atoms with Gasteiger partial charge in [-0.25, -0.2) is 17.6 Å². The van der Waals surface area contributed by atoms with E-state index >= 15 is 0 Å². The predicted octanol–water partition coefficient (Wildman–Crippen LogP) is 5.82. The van der Waals surface area contributed by atoms with E-state index in [4.69, 9.17) is 10.2 Å². The Hall–Kier alpha value is -0.937. The molecule has 0 heterocycles. The normalized spacial score (nSPS) is 16.7. The first kappa shape index (κ1) is 41.5. The third-order valence-electron chi connectivity index (χ3n) is 3.48. The summed E-state index contributed by atoms with van der Waals surface area (Å²) in [6, 6.07) is 0. The van der Waals surface area contributed by atoms with Crippen LogP contribution in [-0.2, 0) is 29.0 Å². The molecule has 0 aromatic heterocycles. The van der Waals surface area contributed by atoms with Crippen LogP contribution in [0.5, 0.6) is 0 Å². The molecule has 0 bridgehead atoms. The molecule has 0 saturated carbocycles. The monoisotopic (exact) mass is 713 g/mol. The molecule has 0 fully saturated rings. The first-order valence-electron chi connectivity index (χ1n) is 7.97. The van der Waals surface area contributed by atoms with Gasteiger partial charge >= 0.3 is 47.9 Å². The second-order valence-corrected chi connectivity index (χ2v) is 6.32. The number of halogens is 20. The number of hydrogen-bond acceptors (Lipinski definition) is 4.